The maximum Gasteiger partial charge on any atom is 0.387 e. The van der Waals surface area contributed by atoms with Gasteiger partial charge in [-0.05, 0) is 30.7 Å². The number of hydrogen-bond donors (Lipinski definition) is 1. The number of hydrogen-bond acceptors (Lipinski definition) is 4. The number of likely N-dealkylation sites (N-methyl/N-ethyl adjacent to an activating group) is 1. The summed E-state index contributed by atoms with van der Waals surface area (Å²) in [5.74, 6) is -0.931. The predicted octanol–water partition coefficient (Wildman–Crippen LogP) is 3.08. The van der Waals surface area contributed by atoms with E-state index in [0.29, 0.717) is 13.1 Å². The minimum absolute atomic E-state index is 0.00135. The molecule has 6 nitrogen and oxygen atoms in total. The summed E-state index contributed by atoms with van der Waals surface area (Å²) < 4.78 is 34.0. The van der Waals surface area contributed by atoms with E-state index in [1.165, 1.54) is 25.3 Å². The van der Waals surface area contributed by atoms with Gasteiger partial charge in [-0.3, -0.25) is 9.59 Å². The molecule has 150 valence electrons. The quantitative estimate of drug-likeness (QED) is 0.712. The Morgan fingerprint density at radius 1 is 1.11 bits per heavy atom. The topological polar surface area (TPSA) is 67.9 Å². The van der Waals surface area contributed by atoms with E-state index in [9.17, 15) is 18.4 Å². The zero-order chi connectivity index (χ0) is 20.5. The van der Waals surface area contributed by atoms with Gasteiger partial charge in [0.2, 0.25) is 5.91 Å². The first-order valence-corrected chi connectivity index (χ1v) is 8.67. The molecule has 0 saturated carbocycles. The lowest BCUT2D eigenvalue weighted by molar-refractivity contribution is -0.130. The number of amides is 2. The summed E-state index contributed by atoms with van der Waals surface area (Å²) in [5.41, 5.74) is 1.15. The second kappa shape index (κ2) is 10.2. The van der Waals surface area contributed by atoms with Crippen molar-refractivity contribution in [2.75, 3.05) is 20.2 Å². The number of carbonyl (C=O) groups is 2. The van der Waals surface area contributed by atoms with Gasteiger partial charge >= 0.3 is 6.61 Å². The highest BCUT2D eigenvalue weighted by molar-refractivity contribution is 5.97. The first-order valence-electron chi connectivity index (χ1n) is 8.67. The van der Waals surface area contributed by atoms with Crippen LogP contribution >= 0.6 is 0 Å². The lowest BCUT2D eigenvalue weighted by Gasteiger charge is -2.21. The Morgan fingerprint density at radius 2 is 1.82 bits per heavy atom. The minimum atomic E-state index is -3.00. The van der Waals surface area contributed by atoms with Crippen LogP contribution in [0.25, 0.3) is 0 Å². The molecule has 0 atom stereocenters. The van der Waals surface area contributed by atoms with Gasteiger partial charge in [0.1, 0.15) is 0 Å². The number of halogens is 2. The van der Waals surface area contributed by atoms with Crippen molar-refractivity contribution in [1.82, 2.24) is 10.2 Å². The van der Waals surface area contributed by atoms with E-state index >= 15 is 0 Å². The molecule has 0 aliphatic carbocycles. The normalized spacial score (nSPS) is 10.5. The van der Waals surface area contributed by atoms with Gasteiger partial charge in [0.15, 0.2) is 11.5 Å². The zero-order valence-corrected chi connectivity index (χ0v) is 15.7. The average Bonchev–Trinajstić information content (AvgIpc) is 2.70. The number of alkyl halides is 2. The standard InChI is InChI=1S/C20H22F2N2O4/c1-3-24(13-14-7-5-4-6-8-14)18(25)12-23-19(26)15-9-10-16(28-20(21)22)17(11-15)27-2/h4-11,20H,3,12-13H2,1-2H3,(H,23,26). The lowest BCUT2D eigenvalue weighted by atomic mass is 10.2. The predicted molar refractivity (Wildman–Crippen MR) is 99.5 cm³/mol. The van der Waals surface area contributed by atoms with E-state index in [0.717, 1.165) is 5.56 Å². The SMILES string of the molecule is CCN(Cc1ccccc1)C(=O)CNC(=O)c1ccc(OC(F)F)c(OC)c1. The van der Waals surface area contributed by atoms with Crippen LogP contribution in [0.4, 0.5) is 8.78 Å². The van der Waals surface area contributed by atoms with Crippen molar-refractivity contribution in [2.24, 2.45) is 0 Å². The summed E-state index contributed by atoms with van der Waals surface area (Å²) in [6, 6.07) is 13.3. The molecule has 0 spiro atoms. The number of nitrogens with one attached hydrogen (secondary N) is 1. The Morgan fingerprint density at radius 3 is 2.43 bits per heavy atom. The summed E-state index contributed by atoms with van der Waals surface area (Å²) in [6.45, 7) is -0.390. The molecule has 2 aromatic carbocycles. The molecule has 0 aliphatic rings. The van der Waals surface area contributed by atoms with Crippen LogP contribution in [0, 0.1) is 0 Å². The van der Waals surface area contributed by atoms with Crippen LogP contribution in [0.2, 0.25) is 0 Å². The van der Waals surface area contributed by atoms with E-state index < -0.39 is 12.5 Å². The number of benzene rings is 2. The number of ether oxygens (including phenoxy) is 2. The van der Waals surface area contributed by atoms with Gasteiger partial charge in [0, 0.05) is 18.7 Å². The molecule has 0 aromatic heterocycles. The number of rotatable bonds is 9. The van der Waals surface area contributed by atoms with E-state index in [1.54, 1.807) is 4.90 Å². The van der Waals surface area contributed by atoms with Crippen molar-refractivity contribution >= 4 is 11.8 Å². The van der Waals surface area contributed by atoms with Gasteiger partial charge in [0.25, 0.3) is 5.91 Å². The van der Waals surface area contributed by atoms with Crippen molar-refractivity contribution in [3.63, 3.8) is 0 Å². The maximum atomic E-state index is 12.4. The average molecular weight is 392 g/mol. The monoisotopic (exact) mass is 392 g/mol. The van der Waals surface area contributed by atoms with Gasteiger partial charge in [-0.15, -0.1) is 0 Å². The van der Waals surface area contributed by atoms with Gasteiger partial charge in [-0.2, -0.15) is 8.78 Å². The molecule has 28 heavy (non-hydrogen) atoms. The Labute approximate surface area is 162 Å². The molecule has 2 rings (SSSR count). The van der Waals surface area contributed by atoms with Crippen LogP contribution in [-0.2, 0) is 11.3 Å². The molecule has 8 heteroatoms. The highest BCUT2D eigenvalue weighted by atomic mass is 19.3. The molecular weight excluding hydrogens is 370 g/mol. The van der Waals surface area contributed by atoms with Gasteiger partial charge in [-0.25, -0.2) is 0 Å². The van der Waals surface area contributed by atoms with Gasteiger partial charge < -0.3 is 19.7 Å². The molecule has 0 radical (unpaired) electrons. The Balaban J connectivity index is 1.97. The number of methoxy groups -OCH3 is 1. The van der Waals surface area contributed by atoms with Crippen LogP contribution in [0.1, 0.15) is 22.8 Å². The van der Waals surface area contributed by atoms with Crippen LogP contribution < -0.4 is 14.8 Å². The first-order chi connectivity index (χ1) is 13.4. The molecule has 0 heterocycles. The second-order valence-corrected chi connectivity index (χ2v) is 5.82. The largest absolute Gasteiger partial charge is 0.493 e. The lowest BCUT2D eigenvalue weighted by Crippen LogP contribution is -2.39. The van der Waals surface area contributed by atoms with Crippen molar-refractivity contribution in [3.05, 3.63) is 59.7 Å². The second-order valence-electron chi connectivity index (χ2n) is 5.82. The number of nitrogens with zero attached hydrogens (tertiary/aromatic N) is 1. The smallest absolute Gasteiger partial charge is 0.387 e. The van der Waals surface area contributed by atoms with Crippen LogP contribution in [-0.4, -0.2) is 43.5 Å². The summed E-state index contributed by atoms with van der Waals surface area (Å²) in [4.78, 5) is 26.3. The first kappa shape index (κ1) is 21.1. The van der Waals surface area contributed by atoms with E-state index in [4.69, 9.17) is 4.74 Å². The zero-order valence-electron chi connectivity index (χ0n) is 15.7. The highest BCUT2D eigenvalue weighted by Gasteiger charge is 2.17. The third-order valence-corrected chi connectivity index (χ3v) is 3.99. The third kappa shape index (κ3) is 5.94. The van der Waals surface area contributed by atoms with Gasteiger partial charge in [0.05, 0.1) is 13.7 Å². The summed E-state index contributed by atoms with van der Waals surface area (Å²) in [5, 5.41) is 2.54. The molecule has 0 aliphatic heterocycles. The van der Waals surface area contributed by atoms with Crippen molar-refractivity contribution in [1.29, 1.82) is 0 Å². The van der Waals surface area contributed by atoms with E-state index in [-0.39, 0.29) is 29.5 Å². The van der Waals surface area contributed by atoms with Crippen LogP contribution in [0.5, 0.6) is 11.5 Å². The summed E-state index contributed by atoms with van der Waals surface area (Å²) >= 11 is 0. The fraction of sp³-hybridized carbons (Fsp3) is 0.300. The van der Waals surface area contributed by atoms with Crippen molar-refractivity contribution in [2.45, 2.75) is 20.1 Å². The molecule has 0 bridgehead atoms. The molecule has 2 aromatic rings. The molecule has 2 amide bonds. The van der Waals surface area contributed by atoms with E-state index in [1.807, 2.05) is 37.3 Å². The van der Waals surface area contributed by atoms with Crippen LogP contribution in [0.3, 0.4) is 0 Å². The molecular formula is C20H22F2N2O4. The maximum absolute atomic E-state index is 12.4. The van der Waals surface area contributed by atoms with E-state index in [2.05, 4.69) is 10.1 Å². The molecule has 0 saturated heterocycles. The van der Waals surface area contributed by atoms with Gasteiger partial charge in [-0.1, -0.05) is 30.3 Å². The Kier molecular flexibility index (Phi) is 7.74. The Hall–Kier alpha value is -3.16. The van der Waals surface area contributed by atoms with Crippen molar-refractivity contribution in [3.8, 4) is 11.5 Å². The molecule has 1 N–H and O–H groups in total. The van der Waals surface area contributed by atoms with Crippen LogP contribution in [0.15, 0.2) is 48.5 Å². The fourth-order valence-electron chi connectivity index (χ4n) is 2.55. The minimum Gasteiger partial charge on any atom is -0.493 e. The number of carbonyl (C=O) groups excluding carboxylic acids is 2. The molecule has 0 unspecified atom stereocenters. The Bertz CT molecular complexity index is 800. The molecule has 0 fully saturated rings. The fourth-order valence-corrected chi connectivity index (χ4v) is 2.55. The van der Waals surface area contributed by atoms with Crippen molar-refractivity contribution < 1.29 is 27.8 Å². The summed E-state index contributed by atoms with van der Waals surface area (Å²) in [7, 11) is 1.28. The third-order valence-electron chi connectivity index (χ3n) is 3.99. The highest BCUT2D eigenvalue weighted by Crippen LogP contribution is 2.29. The summed E-state index contributed by atoms with van der Waals surface area (Å²) in [6.07, 6.45) is 0.